The third-order valence-electron chi connectivity index (χ3n) is 4.10. The van der Waals surface area contributed by atoms with Crippen molar-refractivity contribution >= 4 is 6.09 Å². The maximum absolute atomic E-state index is 14.4. The van der Waals surface area contributed by atoms with Gasteiger partial charge in [0.05, 0.1) is 12.1 Å². The third-order valence-corrected chi connectivity index (χ3v) is 4.10. The SMILES string of the molecule is CC(C)(C)OC(=O)N[C@@H](Cc1ccc(OCc2ccccc2)c(F)c1)[C@H](O)CN. The Morgan fingerprint density at radius 3 is 2.45 bits per heavy atom. The number of ether oxygens (including phenoxy) is 2. The highest BCUT2D eigenvalue weighted by molar-refractivity contribution is 5.68. The number of rotatable bonds is 8. The highest BCUT2D eigenvalue weighted by Gasteiger charge is 2.24. The Morgan fingerprint density at radius 2 is 1.86 bits per heavy atom. The van der Waals surface area contributed by atoms with E-state index in [1.54, 1.807) is 26.8 Å². The summed E-state index contributed by atoms with van der Waals surface area (Å²) in [5, 5.41) is 12.8. The fourth-order valence-corrected chi connectivity index (χ4v) is 2.68. The number of aliphatic hydroxyl groups excluding tert-OH is 1. The first-order valence-electron chi connectivity index (χ1n) is 9.50. The second-order valence-corrected chi connectivity index (χ2v) is 7.80. The van der Waals surface area contributed by atoms with Gasteiger partial charge in [-0.05, 0) is 50.5 Å². The number of carbonyl (C=O) groups excluding carboxylic acids is 1. The lowest BCUT2D eigenvalue weighted by atomic mass is 10.0. The van der Waals surface area contributed by atoms with Gasteiger partial charge in [0.1, 0.15) is 12.2 Å². The zero-order valence-corrected chi connectivity index (χ0v) is 17.0. The number of carbonyl (C=O) groups is 1. The molecule has 0 radical (unpaired) electrons. The van der Waals surface area contributed by atoms with Crippen molar-refractivity contribution in [3.63, 3.8) is 0 Å². The molecular weight excluding hydrogens is 375 g/mol. The Kier molecular flexibility index (Phi) is 7.99. The lowest BCUT2D eigenvalue weighted by molar-refractivity contribution is 0.0430. The minimum absolute atomic E-state index is 0.0543. The van der Waals surface area contributed by atoms with Crippen molar-refractivity contribution in [2.45, 2.75) is 51.5 Å². The van der Waals surface area contributed by atoms with Gasteiger partial charge < -0.3 is 25.6 Å². The van der Waals surface area contributed by atoms with Gasteiger partial charge in [0.25, 0.3) is 0 Å². The maximum Gasteiger partial charge on any atom is 0.407 e. The summed E-state index contributed by atoms with van der Waals surface area (Å²) < 4.78 is 25.2. The molecule has 0 bridgehead atoms. The highest BCUT2D eigenvalue weighted by atomic mass is 19.1. The molecule has 0 aliphatic carbocycles. The third kappa shape index (κ3) is 7.71. The smallest absolute Gasteiger partial charge is 0.407 e. The summed E-state index contributed by atoms with van der Waals surface area (Å²) in [5.74, 6) is -0.384. The lowest BCUT2D eigenvalue weighted by Crippen LogP contribution is -2.49. The molecule has 0 fully saturated rings. The largest absolute Gasteiger partial charge is 0.486 e. The number of aliphatic hydroxyl groups is 1. The second-order valence-electron chi connectivity index (χ2n) is 7.80. The molecule has 158 valence electrons. The van der Waals surface area contributed by atoms with Crippen LogP contribution >= 0.6 is 0 Å². The highest BCUT2D eigenvalue weighted by Crippen LogP contribution is 2.21. The van der Waals surface area contributed by atoms with Crippen LogP contribution in [0.15, 0.2) is 48.5 Å². The summed E-state index contributed by atoms with van der Waals surface area (Å²) in [7, 11) is 0. The van der Waals surface area contributed by atoms with Crippen molar-refractivity contribution in [3.8, 4) is 5.75 Å². The molecule has 0 aliphatic heterocycles. The Balaban J connectivity index is 2.03. The van der Waals surface area contributed by atoms with Gasteiger partial charge in [0.15, 0.2) is 11.6 Å². The number of benzene rings is 2. The molecule has 0 aliphatic rings. The van der Waals surface area contributed by atoms with Gasteiger partial charge in [0, 0.05) is 6.54 Å². The summed E-state index contributed by atoms with van der Waals surface area (Å²) >= 11 is 0. The van der Waals surface area contributed by atoms with E-state index in [0.717, 1.165) is 5.56 Å². The van der Waals surface area contributed by atoms with Crippen molar-refractivity contribution in [1.82, 2.24) is 5.32 Å². The molecule has 29 heavy (non-hydrogen) atoms. The van der Waals surface area contributed by atoms with Crippen molar-refractivity contribution in [1.29, 1.82) is 0 Å². The fraction of sp³-hybridized carbons (Fsp3) is 0.409. The van der Waals surface area contributed by atoms with Crippen LogP contribution in [-0.2, 0) is 17.8 Å². The molecule has 7 heteroatoms. The van der Waals surface area contributed by atoms with Crippen LogP contribution in [0, 0.1) is 5.82 Å². The standard InChI is InChI=1S/C22H29FN2O4/c1-22(2,3)29-21(27)25-18(19(26)13-24)12-16-9-10-20(17(23)11-16)28-14-15-7-5-4-6-8-15/h4-11,18-19,26H,12-14,24H2,1-3H3,(H,25,27)/t18-,19+/m0/s1. The molecule has 0 spiro atoms. The van der Waals surface area contributed by atoms with Crippen molar-refractivity contribution in [3.05, 3.63) is 65.5 Å². The van der Waals surface area contributed by atoms with E-state index in [2.05, 4.69) is 5.32 Å². The summed E-state index contributed by atoms with van der Waals surface area (Å²) in [5.41, 5.74) is 6.39. The van der Waals surface area contributed by atoms with Crippen LogP contribution in [0.25, 0.3) is 0 Å². The van der Waals surface area contributed by atoms with Crippen molar-refractivity contribution < 1.29 is 23.8 Å². The quantitative estimate of drug-likeness (QED) is 0.628. The van der Waals surface area contributed by atoms with E-state index >= 15 is 0 Å². The van der Waals surface area contributed by atoms with Crippen LogP contribution in [0.1, 0.15) is 31.9 Å². The monoisotopic (exact) mass is 404 g/mol. The van der Waals surface area contributed by atoms with E-state index in [1.807, 2.05) is 30.3 Å². The molecular formula is C22H29FN2O4. The predicted octanol–water partition coefficient (Wildman–Crippen LogP) is 3.16. The van der Waals surface area contributed by atoms with Crippen LogP contribution in [0.3, 0.4) is 0 Å². The van der Waals surface area contributed by atoms with Crippen molar-refractivity contribution in [2.75, 3.05) is 6.54 Å². The molecule has 2 rings (SSSR count). The first-order valence-corrected chi connectivity index (χ1v) is 9.50. The number of amides is 1. The second kappa shape index (κ2) is 10.2. The molecule has 4 N–H and O–H groups in total. The van der Waals surface area contributed by atoms with E-state index in [1.165, 1.54) is 12.1 Å². The van der Waals surface area contributed by atoms with Crippen LogP contribution in [0.5, 0.6) is 5.75 Å². The number of alkyl carbamates (subject to hydrolysis) is 1. The van der Waals surface area contributed by atoms with Gasteiger partial charge in [-0.3, -0.25) is 0 Å². The van der Waals surface area contributed by atoms with Crippen molar-refractivity contribution in [2.24, 2.45) is 5.73 Å². The zero-order chi connectivity index (χ0) is 21.4. The molecule has 0 unspecified atom stereocenters. The molecule has 0 saturated carbocycles. The molecule has 2 atom stereocenters. The lowest BCUT2D eigenvalue weighted by Gasteiger charge is -2.26. The molecule has 0 saturated heterocycles. The van der Waals surface area contributed by atoms with E-state index in [0.29, 0.717) is 5.56 Å². The first kappa shape index (κ1) is 22.6. The Labute approximate surface area is 170 Å². The number of hydrogen-bond acceptors (Lipinski definition) is 5. The van der Waals surface area contributed by atoms with Gasteiger partial charge in [-0.2, -0.15) is 0 Å². The van der Waals surface area contributed by atoms with Gasteiger partial charge in [0.2, 0.25) is 0 Å². The summed E-state index contributed by atoms with van der Waals surface area (Å²) in [4.78, 5) is 12.0. The first-order chi connectivity index (χ1) is 13.7. The summed E-state index contributed by atoms with van der Waals surface area (Å²) in [6.45, 7) is 5.42. The van der Waals surface area contributed by atoms with E-state index < -0.39 is 29.7 Å². The van der Waals surface area contributed by atoms with E-state index in [9.17, 15) is 14.3 Å². The van der Waals surface area contributed by atoms with E-state index in [-0.39, 0.29) is 25.3 Å². The summed E-state index contributed by atoms with van der Waals surface area (Å²) in [6.07, 6.45) is -1.48. The maximum atomic E-state index is 14.4. The molecule has 1 amide bonds. The Bertz CT molecular complexity index is 793. The van der Waals surface area contributed by atoms with Crippen LogP contribution < -0.4 is 15.8 Å². The Morgan fingerprint density at radius 1 is 1.17 bits per heavy atom. The molecule has 6 nitrogen and oxygen atoms in total. The molecule has 2 aromatic carbocycles. The van der Waals surface area contributed by atoms with Crippen LogP contribution in [0.2, 0.25) is 0 Å². The molecule has 2 aromatic rings. The molecule has 0 heterocycles. The van der Waals surface area contributed by atoms with Gasteiger partial charge in [-0.15, -0.1) is 0 Å². The average molecular weight is 404 g/mol. The number of nitrogens with one attached hydrogen (secondary N) is 1. The van der Waals surface area contributed by atoms with Crippen LogP contribution in [0.4, 0.5) is 9.18 Å². The Hall–Kier alpha value is -2.64. The van der Waals surface area contributed by atoms with Gasteiger partial charge in [-0.1, -0.05) is 36.4 Å². The summed E-state index contributed by atoms with van der Waals surface area (Å²) in [6, 6.07) is 13.3. The number of hydrogen-bond donors (Lipinski definition) is 3. The zero-order valence-electron chi connectivity index (χ0n) is 17.0. The van der Waals surface area contributed by atoms with Gasteiger partial charge in [-0.25, -0.2) is 9.18 Å². The van der Waals surface area contributed by atoms with Crippen LogP contribution in [-0.4, -0.2) is 35.5 Å². The molecule has 0 aromatic heterocycles. The number of halogens is 1. The van der Waals surface area contributed by atoms with Gasteiger partial charge >= 0.3 is 6.09 Å². The average Bonchev–Trinajstić information content (AvgIpc) is 2.65. The van der Waals surface area contributed by atoms with E-state index in [4.69, 9.17) is 15.2 Å². The fourth-order valence-electron chi connectivity index (χ4n) is 2.68. The topological polar surface area (TPSA) is 93.8 Å². The minimum Gasteiger partial charge on any atom is -0.486 e. The normalized spacial score (nSPS) is 13.4. The minimum atomic E-state index is -1.00. The number of nitrogens with two attached hydrogens (primary N) is 1. The predicted molar refractivity (Wildman–Crippen MR) is 109 cm³/mol.